The van der Waals surface area contributed by atoms with Crippen LogP contribution in [0.1, 0.15) is 63.5 Å². The van der Waals surface area contributed by atoms with Gasteiger partial charge in [0, 0.05) is 26.3 Å². The predicted molar refractivity (Wildman–Crippen MR) is 132 cm³/mol. The van der Waals surface area contributed by atoms with Crippen molar-refractivity contribution in [3.8, 4) is 0 Å². The lowest BCUT2D eigenvalue weighted by atomic mass is 9.92. The van der Waals surface area contributed by atoms with Crippen molar-refractivity contribution in [3.05, 3.63) is 94.2 Å². The number of anilines is 1. The van der Waals surface area contributed by atoms with Crippen molar-refractivity contribution < 1.29 is 31.1 Å². The van der Waals surface area contributed by atoms with Gasteiger partial charge in [-0.15, -0.1) is 0 Å². The van der Waals surface area contributed by atoms with Gasteiger partial charge in [-0.25, -0.2) is 4.98 Å². The van der Waals surface area contributed by atoms with Crippen LogP contribution in [-0.2, 0) is 18.9 Å². The highest BCUT2D eigenvalue weighted by Gasteiger charge is 2.37. The number of hydrogen-bond donors (Lipinski definition) is 0. The normalized spacial score (nSPS) is 16.4. The number of amides is 1. The lowest BCUT2D eigenvalue weighted by molar-refractivity contribution is -0.143. The first kappa shape index (κ1) is 27.5. The molecule has 3 aromatic rings. The van der Waals surface area contributed by atoms with Gasteiger partial charge in [-0.3, -0.25) is 4.79 Å². The molecule has 2 aromatic carbocycles. The zero-order valence-corrected chi connectivity index (χ0v) is 20.9. The number of halogens is 6. The summed E-state index contributed by atoms with van der Waals surface area (Å²) in [5.74, 6) is 0.133. The Morgan fingerprint density at radius 3 is 2.21 bits per heavy atom. The lowest BCUT2D eigenvalue weighted by Gasteiger charge is -2.37. The van der Waals surface area contributed by atoms with Gasteiger partial charge in [0.25, 0.3) is 5.91 Å². The molecule has 1 saturated heterocycles. The van der Waals surface area contributed by atoms with Crippen molar-refractivity contribution in [2.45, 2.75) is 51.1 Å². The maximum absolute atomic E-state index is 13.2. The van der Waals surface area contributed by atoms with Crippen molar-refractivity contribution in [2.75, 3.05) is 18.5 Å². The maximum Gasteiger partial charge on any atom is 0.416 e. The van der Waals surface area contributed by atoms with Crippen LogP contribution in [0.15, 0.2) is 60.8 Å². The number of rotatable bonds is 5. The molecule has 4 rings (SSSR count). The summed E-state index contributed by atoms with van der Waals surface area (Å²) >= 11 is 0. The van der Waals surface area contributed by atoms with E-state index in [1.165, 1.54) is 24.4 Å². The molecule has 1 fully saturated rings. The number of alkyl halides is 6. The number of aromatic nitrogens is 1. The molecule has 10 heteroatoms. The first-order chi connectivity index (χ1) is 17.8. The molecule has 0 radical (unpaired) electrons. The van der Waals surface area contributed by atoms with Gasteiger partial charge in [-0.05, 0) is 73.2 Å². The molecule has 1 aliphatic rings. The molecule has 202 valence electrons. The SMILES string of the molecule is Cc1ccccc1C1CCCCN1c1ccc(C(=O)N(C)Cc2cc(C(F)(F)F)cc(C(F)(F)F)c2)cn1. The van der Waals surface area contributed by atoms with E-state index in [-0.39, 0.29) is 23.2 Å². The topological polar surface area (TPSA) is 36.4 Å². The zero-order chi connectivity index (χ0) is 27.7. The molecule has 0 aliphatic carbocycles. The first-order valence-electron chi connectivity index (χ1n) is 12.2. The Balaban J connectivity index is 1.53. The second kappa shape index (κ2) is 10.7. The van der Waals surface area contributed by atoms with Gasteiger partial charge in [-0.2, -0.15) is 26.3 Å². The number of carbonyl (C=O) groups excluding carboxylic acids is 1. The summed E-state index contributed by atoms with van der Waals surface area (Å²) in [7, 11) is 1.32. The fourth-order valence-corrected chi connectivity index (χ4v) is 4.85. The van der Waals surface area contributed by atoms with Gasteiger partial charge in [-0.1, -0.05) is 24.3 Å². The molecule has 4 nitrogen and oxygen atoms in total. The van der Waals surface area contributed by atoms with Crippen LogP contribution in [0.2, 0.25) is 0 Å². The van der Waals surface area contributed by atoms with E-state index in [9.17, 15) is 31.1 Å². The van der Waals surface area contributed by atoms with E-state index >= 15 is 0 Å². The molecule has 0 N–H and O–H groups in total. The molecule has 1 aromatic heterocycles. The van der Waals surface area contributed by atoms with Gasteiger partial charge in [0.2, 0.25) is 0 Å². The van der Waals surface area contributed by atoms with Crippen LogP contribution in [0.4, 0.5) is 32.2 Å². The Bertz CT molecular complexity index is 1250. The standard InChI is InChI=1S/C28H27F6N3O/c1-18-7-3-4-8-23(18)24-9-5-6-12-37(24)25-11-10-20(16-35-25)26(38)36(2)17-19-13-21(27(29,30)31)15-22(14-19)28(32,33)34/h3-4,7-8,10-11,13-16,24H,5-6,9,12,17H2,1-2H3. The Kier molecular flexibility index (Phi) is 7.71. The first-order valence-corrected chi connectivity index (χ1v) is 12.2. The average molecular weight is 536 g/mol. The minimum atomic E-state index is -4.96. The van der Waals surface area contributed by atoms with E-state index in [4.69, 9.17) is 0 Å². The van der Waals surface area contributed by atoms with Gasteiger partial charge < -0.3 is 9.80 Å². The van der Waals surface area contributed by atoms with Gasteiger partial charge in [0.1, 0.15) is 5.82 Å². The molecule has 38 heavy (non-hydrogen) atoms. The molecule has 1 unspecified atom stereocenters. The number of hydrogen-bond acceptors (Lipinski definition) is 3. The largest absolute Gasteiger partial charge is 0.416 e. The second-order valence-electron chi connectivity index (χ2n) is 9.54. The summed E-state index contributed by atoms with van der Waals surface area (Å²) in [6.07, 6.45) is -5.46. The van der Waals surface area contributed by atoms with Crippen LogP contribution in [0.5, 0.6) is 0 Å². The molecule has 1 amide bonds. The summed E-state index contributed by atoms with van der Waals surface area (Å²) in [6.45, 7) is 2.43. The van der Waals surface area contributed by atoms with E-state index in [0.717, 1.165) is 30.7 Å². The van der Waals surface area contributed by atoms with E-state index in [1.807, 2.05) is 12.1 Å². The second-order valence-corrected chi connectivity index (χ2v) is 9.54. The van der Waals surface area contributed by atoms with Crippen LogP contribution in [0.3, 0.4) is 0 Å². The number of aryl methyl sites for hydroxylation is 1. The van der Waals surface area contributed by atoms with Crippen molar-refractivity contribution in [1.29, 1.82) is 0 Å². The van der Waals surface area contributed by atoms with Crippen molar-refractivity contribution in [1.82, 2.24) is 9.88 Å². The van der Waals surface area contributed by atoms with Crippen molar-refractivity contribution in [3.63, 3.8) is 0 Å². The van der Waals surface area contributed by atoms with Gasteiger partial charge in [0.05, 0.1) is 22.7 Å². The number of piperidine rings is 1. The Labute approximate surface area is 216 Å². The third-order valence-corrected chi connectivity index (χ3v) is 6.75. The summed E-state index contributed by atoms with van der Waals surface area (Å²) in [5, 5.41) is 0. The van der Waals surface area contributed by atoms with Crippen LogP contribution in [-0.4, -0.2) is 29.4 Å². The molecule has 0 spiro atoms. The summed E-state index contributed by atoms with van der Waals surface area (Å²) in [5.41, 5.74) is -0.530. The number of nitrogens with zero attached hydrogens (tertiary/aromatic N) is 3. The quantitative estimate of drug-likeness (QED) is 0.319. The molecule has 1 atom stereocenters. The minimum Gasteiger partial charge on any atom is -0.350 e. The monoisotopic (exact) mass is 535 g/mol. The lowest BCUT2D eigenvalue weighted by Crippen LogP contribution is -2.34. The molecule has 0 bridgehead atoms. The Morgan fingerprint density at radius 2 is 1.63 bits per heavy atom. The predicted octanol–water partition coefficient (Wildman–Crippen LogP) is 7.43. The van der Waals surface area contributed by atoms with Crippen molar-refractivity contribution >= 4 is 11.7 Å². The third-order valence-electron chi connectivity index (χ3n) is 6.75. The third kappa shape index (κ3) is 6.11. The highest BCUT2D eigenvalue weighted by molar-refractivity contribution is 5.93. The van der Waals surface area contributed by atoms with E-state index in [1.54, 1.807) is 12.1 Å². The highest BCUT2D eigenvalue weighted by atomic mass is 19.4. The Morgan fingerprint density at radius 1 is 0.974 bits per heavy atom. The van der Waals surface area contributed by atoms with E-state index < -0.39 is 35.9 Å². The van der Waals surface area contributed by atoms with E-state index in [0.29, 0.717) is 18.0 Å². The highest BCUT2D eigenvalue weighted by Crippen LogP contribution is 2.37. The molecular formula is C28H27F6N3O. The average Bonchev–Trinajstić information content (AvgIpc) is 2.87. The van der Waals surface area contributed by atoms with Crippen LogP contribution in [0, 0.1) is 6.92 Å². The fraction of sp³-hybridized carbons (Fsp3) is 0.357. The molecular weight excluding hydrogens is 508 g/mol. The molecule has 0 saturated carbocycles. The van der Waals surface area contributed by atoms with Crippen molar-refractivity contribution in [2.24, 2.45) is 0 Å². The smallest absolute Gasteiger partial charge is 0.350 e. The number of benzene rings is 2. The number of pyridine rings is 1. The van der Waals surface area contributed by atoms with Gasteiger partial charge >= 0.3 is 12.4 Å². The van der Waals surface area contributed by atoms with Crippen LogP contribution in [0.25, 0.3) is 0 Å². The van der Waals surface area contributed by atoms with Crippen LogP contribution < -0.4 is 4.90 Å². The van der Waals surface area contributed by atoms with Crippen LogP contribution >= 0.6 is 0 Å². The number of carbonyl (C=O) groups is 1. The van der Waals surface area contributed by atoms with Gasteiger partial charge in [0.15, 0.2) is 0 Å². The zero-order valence-electron chi connectivity index (χ0n) is 20.9. The van der Waals surface area contributed by atoms with E-state index in [2.05, 4.69) is 28.9 Å². The minimum absolute atomic E-state index is 0.0682. The summed E-state index contributed by atoms with van der Waals surface area (Å²) < 4.78 is 79.1. The fourth-order valence-electron chi connectivity index (χ4n) is 4.85. The summed E-state index contributed by atoms with van der Waals surface area (Å²) in [6, 6.07) is 12.9. The molecule has 1 aliphatic heterocycles. The maximum atomic E-state index is 13.2. The Hall–Kier alpha value is -3.56. The molecule has 2 heterocycles. The summed E-state index contributed by atoms with van der Waals surface area (Å²) in [4.78, 5) is 20.7.